The molecule has 0 aromatic carbocycles. The predicted molar refractivity (Wildman–Crippen MR) is 68.4 cm³/mol. The molecule has 0 radical (unpaired) electrons. The molecular weight excluding hydrogens is 252 g/mol. The molecule has 19 heavy (non-hydrogen) atoms. The van der Waals surface area contributed by atoms with E-state index in [-0.39, 0.29) is 5.92 Å². The Morgan fingerprint density at radius 1 is 0.947 bits per heavy atom. The lowest BCUT2D eigenvalue weighted by Gasteiger charge is -2.19. The molecule has 0 fully saturated rings. The lowest BCUT2D eigenvalue weighted by atomic mass is 10.0. The second-order valence-electron chi connectivity index (χ2n) is 4.57. The van der Waals surface area contributed by atoms with Crippen molar-refractivity contribution >= 4 is 18.0 Å². The summed E-state index contributed by atoms with van der Waals surface area (Å²) < 4.78 is 9.09. The zero-order valence-electron chi connectivity index (χ0n) is 12.0. The summed E-state index contributed by atoms with van der Waals surface area (Å²) in [6.45, 7) is 5.33. The van der Waals surface area contributed by atoms with Crippen LogP contribution in [0.5, 0.6) is 0 Å². The standard InChI is InChI=1S/C12H22N2O5/c1-7(2)6-9(11(16)19-5)14-12(17)13-8(3)10(15)18-4/h7-9H,6H2,1-5H3,(H2,13,14,17)/t8-,9-/m0/s1. The normalized spacial score (nSPS) is 13.4. The average molecular weight is 274 g/mol. The molecule has 0 aliphatic carbocycles. The van der Waals surface area contributed by atoms with Gasteiger partial charge in [0.1, 0.15) is 12.1 Å². The maximum Gasteiger partial charge on any atom is 0.328 e. The molecule has 0 rings (SSSR count). The van der Waals surface area contributed by atoms with E-state index in [1.807, 2.05) is 13.8 Å². The first-order valence-corrected chi connectivity index (χ1v) is 6.04. The van der Waals surface area contributed by atoms with Crippen molar-refractivity contribution in [1.82, 2.24) is 10.6 Å². The van der Waals surface area contributed by atoms with Gasteiger partial charge < -0.3 is 20.1 Å². The van der Waals surface area contributed by atoms with Crippen LogP contribution >= 0.6 is 0 Å². The minimum absolute atomic E-state index is 0.211. The topological polar surface area (TPSA) is 93.7 Å². The smallest absolute Gasteiger partial charge is 0.328 e. The molecular formula is C12H22N2O5. The number of hydrogen-bond acceptors (Lipinski definition) is 5. The van der Waals surface area contributed by atoms with Crippen LogP contribution in [0.4, 0.5) is 4.79 Å². The van der Waals surface area contributed by atoms with Gasteiger partial charge in [-0.2, -0.15) is 0 Å². The fraction of sp³-hybridized carbons (Fsp3) is 0.750. The van der Waals surface area contributed by atoms with E-state index in [4.69, 9.17) is 0 Å². The highest BCUT2D eigenvalue weighted by Gasteiger charge is 2.24. The summed E-state index contributed by atoms with van der Waals surface area (Å²) in [5.74, 6) is -0.870. The number of ether oxygens (including phenoxy) is 2. The zero-order chi connectivity index (χ0) is 15.0. The van der Waals surface area contributed by atoms with Gasteiger partial charge in [0, 0.05) is 0 Å². The number of nitrogens with one attached hydrogen (secondary N) is 2. The average Bonchev–Trinajstić information content (AvgIpc) is 2.35. The van der Waals surface area contributed by atoms with Crippen LogP contribution in [0.3, 0.4) is 0 Å². The molecule has 0 bridgehead atoms. The Kier molecular flexibility index (Phi) is 7.55. The quantitative estimate of drug-likeness (QED) is 0.685. The largest absolute Gasteiger partial charge is 0.467 e. The third kappa shape index (κ3) is 6.64. The van der Waals surface area contributed by atoms with E-state index >= 15 is 0 Å². The van der Waals surface area contributed by atoms with Gasteiger partial charge in [0.2, 0.25) is 0 Å². The second kappa shape index (κ2) is 8.34. The molecule has 2 atom stereocenters. The summed E-state index contributed by atoms with van der Waals surface area (Å²) in [6, 6.07) is -2.15. The van der Waals surface area contributed by atoms with Crippen LogP contribution in [0.25, 0.3) is 0 Å². The summed E-state index contributed by atoms with van der Waals surface area (Å²) in [4.78, 5) is 34.3. The number of esters is 2. The monoisotopic (exact) mass is 274 g/mol. The number of urea groups is 1. The first-order valence-electron chi connectivity index (χ1n) is 6.04. The van der Waals surface area contributed by atoms with Crippen molar-refractivity contribution < 1.29 is 23.9 Å². The van der Waals surface area contributed by atoms with Crippen LogP contribution in [-0.2, 0) is 19.1 Å². The second-order valence-corrected chi connectivity index (χ2v) is 4.57. The fourth-order valence-corrected chi connectivity index (χ4v) is 1.46. The molecule has 110 valence electrons. The minimum atomic E-state index is -0.789. The predicted octanol–water partition coefficient (Wildman–Crippen LogP) is 0.435. The maximum atomic E-state index is 11.6. The number of hydrogen-bond donors (Lipinski definition) is 2. The lowest BCUT2D eigenvalue weighted by Crippen LogP contribution is -2.51. The Morgan fingerprint density at radius 3 is 1.89 bits per heavy atom. The third-order valence-corrected chi connectivity index (χ3v) is 2.40. The van der Waals surface area contributed by atoms with Crippen molar-refractivity contribution in [3.8, 4) is 0 Å². The first-order chi connectivity index (χ1) is 8.81. The van der Waals surface area contributed by atoms with Crippen LogP contribution in [0, 0.1) is 5.92 Å². The van der Waals surface area contributed by atoms with Crippen molar-refractivity contribution in [2.75, 3.05) is 14.2 Å². The number of carbonyl (C=O) groups excluding carboxylic acids is 3. The molecule has 7 heteroatoms. The molecule has 7 nitrogen and oxygen atoms in total. The van der Waals surface area contributed by atoms with E-state index in [0.29, 0.717) is 6.42 Å². The summed E-state index contributed by atoms with van der Waals surface area (Å²) in [5.41, 5.74) is 0. The third-order valence-electron chi connectivity index (χ3n) is 2.40. The Labute approximate surface area is 113 Å². The highest BCUT2D eigenvalue weighted by atomic mass is 16.5. The highest BCUT2D eigenvalue weighted by Crippen LogP contribution is 2.06. The molecule has 2 N–H and O–H groups in total. The van der Waals surface area contributed by atoms with Crippen molar-refractivity contribution in [2.24, 2.45) is 5.92 Å². The van der Waals surface area contributed by atoms with Gasteiger partial charge in [-0.25, -0.2) is 14.4 Å². The van der Waals surface area contributed by atoms with Crippen LogP contribution in [0.2, 0.25) is 0 Å². The van der Waals surface area contributed by atoms with E-state index < -0.39 is 30.1 Å². The summed E-state index contributed by atoms with van der Waals surface area (Å²) >= 11 is 0. The minimum Gasteiger partial charge on any atom is -0.467 e. The zero-order valence-corrected chi connectivity index (χ0v) is 12.0. The van der Waals surface area contributed by atoms with E-state index in [2.05, 4.69) is 20.1 Å². The van der Waals surface area contributed by atoms with Crippen molar-refractivity contribution in [1.29, 1.82) is 0 Å². The van der Waals surface area contributed by atoms with E-state index in [1.165, 1.54) is 21.1 Å². The Morgan fingerprint density at radius 2 is 1.47 bits per heavy atom. The number of methoxy groups -OCH3 is 2. The number of carbonyl (C=O) groups is 3. The maximum absolute atomic E-state index is 11.6. The SMILES string of the molecule is COC(=O)[C@H](C)NC(=O)N[C@@H](CC(C)C)C(=O)OC. The summed E-state index contributed by atoms with van der Waals surface area (Å²) in [7, 11) is 2.49. The molecule has 0 spiro atoms. The molecule has 0 aromatic heterocycles. The fourth-order valence-electron chi connectivity index (χ4n) is 1.46. The van der Waals surface area contributed by atoms with E-state index in [0.717, 1.165) is 0 Å². The van der Waals surface area contributed by atoms with Gasteiger partial charge in [0.15, 0.2) is 0 Å². The van der Waals surface area contributed by atoms with Gasteiger partial charge in [-0.1, -0.05) is 13.8 Å². The van der Waals surface area contributed by atoms with Crippen LogP contribution in [0.1, 0.15) is 27.2 Å². The van der Waals surface area contributed by atoms with Crippen molar-refractivity contribution in [3.05, 3.63) is 0 Å². The molecule has 2 amide bonds. The van der Waals surface area contributed by atoms with Gasteiger partial charge in [-0.15, -0.1) is 0 Å². The Hall–Kier alpha value is -1.79. The van der Waals surface area contributed by atoms with Gasteiger partial charge in [0.25, 0.3) is 0 Å². The molecule has 0 unspecified atom stereocenters. The number of amides is 2. The number of rotatable bonds is 6. The molecule has 0 heterocycles. The van der Waals surface area contributed by atoms with Gasteiger partial charge in [-0.3, -0.25) is 0 Å². The highest BCUT2D eigenvalue weighted by molar-refractivity contribution is 5.86. The molecule has 0 saturated carbocycles. The lowest BCUT2D eigenvalue weighted by molar-refractivity contribution is -0.143. The summed E-state index contributed by atoms with van der Waals surface area (Å²) in [5, 5.41) is 4.86. The van der Waals surface area contributed by atoms with Crippen LogP contribution < -0.4 is 10.6 Å². The van der Waals surface area contributed by atoms with Gasteiger partial charge in [-0.05, 0) is 19.3 Å². The van der Waals surface area contributed by atoms with Crippen LogP contribution in [0.15, 0.2) is 0 Å². The Bertz CT molecular complexity index is 330. The Balaban J connectivity index is 4.46. The van der Waals surface area contributed by atoms with Gasteiger partial charge >= 0.3 is 18.0 Å². The van der Waals surface area contributed by atoms with Gasteiger partial charge in [0.05, 0.1) is 14.2 Å². The summed E-state index contributed by atoms with van der Waals surface area (Å²) in [6.07, 6.45) is 0.451. The molecule has 0 aromatic rings. The van der Waals surface area contributed by atoms with Crippen LogP contribution in [-0.4, -0.2) is 44.3 Å². The molecule has 0 aliphatic rings. The van der Waals surface area contributed by atoms with Crippen molar-refractivity contribution in [3.63, 3.8) is 0 Å². The van der Waals surface area contributed by atoms with E-state index in [1.54, 1.807) is 0 Å². The van der Waals surface area contributed by atoms with Crippen molar-refractivity contribution in [2.45, 2.75) is 39.3 Å². The first kappa shape index (κ1) is 17.2. The molecule has 0 saturated heterocycles. The molecule has 0 aliphatic heterocycles. The van der Waals surface area contributed by atoms with E-state index in [9.17, 15) is 14.4 Å².